The molecule has 0 aliphatic rings. The first-order valence-corrected chi connectivity index (χ1v) is 7.26. The van der Waals surface area contributed by atoms with Crippen LogP contribution in [0, 0.1) is 0 Å². The van der Waals surface area contributed by atoms with Crippen LogP contribution in [-0.4, -0.2) is 38.2 Å². The number of halogens is 3. The van der Waals surface area contributed by atoms with Gasteiger partial charge in [-0.25, -0.2) is 0 Å². The Balaban J connectivity index is 0. The predicted octanol–water partition coefficient (Wildman–Crippen LogP) is 3.73. The number of nitrogens with one attached hydrogen (secondary N) is 1. The Hall–Kier alpha value is -0.000000000000000111. The number of rotatable bonds is 8. The fourth-order valence-corrected chi connectivity index (χ4v) is 2.29. The van der Waals surface area contributed by atoms with Gasteiger partial charge in [-0.1, -0.05) is 29.8 Å². The number of nitrogens with zero attached hydrogens (tertiary/aromatic N) is 1. The van der Waals surface area contributed by atoms with Crippen molar-refractivity contribution in [2.24, 2.45) is 0 Å². The molecule has 118 valence electrons. The van der Waals surface area contributed by atoms with Crippen molar-refractivity contribution >= 4 is 40.7 Å². The molecule has 0 aliphatic carbocycles. The van der Waals surface area contributed by atoms with E-state index in [-0.39, 0.29) is 24.8 Å². The van der Waals surface area contributed by atoms with Gasteiger partial charge < -0.3 is 15.0 Å². The van der Waals surface area contributed by atoms with Gasteiger partial charge in [0.1, 0.15) is 5.75 Å². The first kappa shape index (κ1) is 22.3. The van der Waals surface area contributed by atoms with E-state index in [2.05, 4.69) is 46.1 Å². The summed E-state index contributed by atoms with van der Waals surface area (Å²) in [6.45, 7) is 9.53. The van der Waals surface area contributed by atoms with Gasteiger partial charge in [0.15, 0.2) is 0 Å². The number of methoxy groups -OCH3 is 1. The molecule has 1 rings (SSSR count). The van der Waals surface area contributed by atoms with Crippen molar-refractivity contribution in [2.45, 2.75) is 20.4 Å². The Morgan fingerprint density at radius 2 is 1.85 bits per heavy atom. The predicted molar refractivity (Wildman–Crippen MR) is 94.7 cm³/mol. The van der Waals surface area contributed by atoms with Gasteiger partial charge in [-0.05, 0) is 31.3 Å². The number of hydrogen-bond donors (Lipinski definition) is 1. The van der Waals surface area contributed by atoms with Gasteiger partial charge in [-0.2, -0.15) is 0 Å². The third-order valence-corrected chi connectivity index (χ3v) is 3.55. The van der Waals surface area contributed by atoms with E-state index in [1.165, 1.54) is 5.56 Å². The van der Waals surface area contributed by atoms with Gasteiger partial charge >= 0.3 is 0 Å². The van der Waals surface area contributed by atoms with E-state index in [1.54, 1.807) is 7.11 Å². The molecular formula is C14H25BrCl2N2O. The Labute approximate surface area is 143 Å². The minimum Gasteiger partial charge on any atom is -0.496 e. The molecule has 0 heterocycles. The summed E-state index contributed by atoms with van der Waals surface area (Å²) in [6.07, 6.45) is 0. The Bertz CT molecular complexity index is 363. The molecule has 0 aromatic heterocycles. The molecule has 0 atom stereocenters. The number of likely N-dealkylation sites (N-methyl/N-ethyl adjacent to an activating group) is 1. The molecule has 0 fully saturated rings. The molecule has 0 spiro atoms. The molecule has 3 nitrogen and oxygen atoms in total. The third-order valence-electron chi connectivity index (χ3n) is 3.06. The normalized spacial score (nSPS) is 9.85. The monoisotopic (exact) mass is 386 g/mol. The van der Waals surface area contributed by atoms with E-state index in [9.17, 15) is 0 Å². The zero-order valence-corrected chi connectivity index (χ0v) is 15.5. The van der Waals surface area contributed by atoms with Gasteiger partial charge in [0.25, 0.3) is 0 Å². The Morgan fingerprint density at radius 3 is 2.40 bits per heavy atom. The summed E-state index contributed by atoms with van der Waals surface area (Å²) in [5.74, 6) is 0.938. The maximum Gasteiger partial charge on any atom is 0.123 e. The Kier molecular flexibility index (Phi) is 14.2. The van der Waals surface area contributed by atoms with Crippen LogP contribution >= 0.6 is 40.7 Å². The second-order valence-electron chi connectivity index (χ2n) is 4.16. The highest BCUT2D eigenvalue weighted by molar-refractivity contribution is 9.10. The first-order valence-electron chi connectivity index (χ1n) is 6.46. The second-order valence-corrected chi connectivity index (χ2v) is 5.08. The van der Waals surface area contributed by atoms with Crippen molar-refractivity contribution in [3.8, 4) is 5.75 Å². The number of hydrogen-bond acceptors (Lipinski definition) is 3. The van der Waals surface area contributed by atoms with Gasteiger partial charge in [-0.3, -0.25) is 0 Å². The van der Waals surface area contributed by atoms with Crippen molar-refractivity contribution in [3.05, 3.63) is 28.2 Å². The second kappa shape index (κ2) is 12.7. The molecule has 6 heteroatoms. The zero-order valence-electron chi connectivity index (χ0n) is 12.3. The molecule has 0 saturated carbocycles. The molecular weight excluding hydrogens is 363 g/mol. The highest BCUT2D eigenvalue weighted by Crippen LogP contribution is 2.22. The number of ether oxygens (including phenoxy) is 1. The summed E-state index contributed by atoms with van der Waals surface area (Å²) in [6, 6.07) is 6.09. The molecule has 1 aromatic rings. The van der Waals surface area contributed by atoms with E-state index >= 15 is 0 Å². The van der Waals surface area contributed by atoms with Crippen LogP contribution in [0.4, 0.5) is 0 Å². The van der Waals surface area contributed by atoms with E-state index < -0.39 is 0 Å². The standard InChI is InChI=1S/C14H23BrN2O.2ClH/c1-4-17(5-2)9-8-16-11-12-10-13(15)6-7-14(12)18-3;;/h6-7,10,16H,4-5,8-9,11H2,1-3H3;2*1H. The minimum atomic E-state index is 0. The summed E-state index contributed by atoms with van der Waals surface area (Å²) in [5, 5.41) is 3.46. The van der Waals surface area contributed by atoms with E-state index in [0.717, 1.165) is 42.9 Å². The van der Waals surface area contributed by atoms with Crippen LogP contribution in [-0.2, 0) is 6.54 Å². The molecule has 1 aromatic carbocycles. The van der Waals surface area contributed by atoms with Crippen LogP contribution in [0.2, 0.25) is 0 Å². The highest BCUT2D eigenvalue weighted by atomic mass is 79.9. The lowest BCUT2D eigenvalue weighted by Crippen LogP contribution is -2.31. The average molecular weight is 388 g/mol. The largest absolute Gasteiger partial charge is 0.496 e. The highest BCUT2D eigenvalue weighted by Gasteiger charge is 2.03. The van der Waals surface area contributed by atoms with Gasteiger partial charge in [0.05, 0.1) is 7.11 Å². The van der Waals surface area contributed by atoms with Crippen molar-refractivity contribution in [2.75, 3.05) is 33.3 Å². The van der Waals surface area contributed by atoms with Crippen LogP contribution in [0.15, 0.2) is 22.7 Å². The van der Waals surface area contributed by atoms with Crippen LogP contribution in [0.1, 0.15) is 19.4 Å². The van der Waals surface area contributed by atoms with Crippen molar-refractivity contribution in [1.29, 1.82) is 0 Å². The van der Waals surface area contributed by atoms with Gasteiger partial charge in [-0.15, -0.1) is 24.8 Å². The fraction of sp³-hybridized carbons (Fsp3) is 0.571. The zero-order chi connectivity index (χ0) is 13.4. The topological polar surface area (TPSA) is 24.5 Å². The lowest BCUT2D eigenvalue weighted by molar-refractivity contribution is 0.302. The maximum absolute atomic E-state index is 5.35. The molecule has 0 amide bonds. The van der Waals surface area contributed by atoms with Crippen LogP contribution in [0.3, 0.4) is 0 Å². The van der Waals surface area contributed by atoms with Gasteiger partial charge in [0.2, 0.25) is 0 Å². The van der Waals surface area contributed by atoms with Crippen LogP contribution < -0.4 is 10.1 Å². The smallest absolute Gasteiger partial charge is 0.123 e. The molecule has 0 saturated heterocycles. The average Bonchev–Trinajstić information content (AvgIpc) is 2.39. The van der Waals surface area contributed by atoms with Crippen molar-refractivity contribution in [1.82, 2.24) is 10.2 Å². The maximum atomic E-state index is 5.35. The lowest BCUT2D eigenvalue weighted by Gasteiger charge is -2.18. The minimum absolute atomic E-state index is 0. The van der Waals surface area contributed by atoms with Crippen molar-refractivity contribution in [3.63, 3.8) is 0 Å². The first-order chi connectivity index (χ1) is 8.71. The lowest BCUT2D eigenvalue weighted by atomic mass is 10.2. The van der Waals surface area contributed by atoms with Crippen LogP contribution in [0.25, 0.3) is 0 Å². The number of benzene rings is 1. The SMILES string of the molecule is CCN(CC)CCNCc1cc(Br)ccc1OC.Cl.Cl. The molecule has 0 unspecified atom stereocenters. The summed E-state index contributed by atoms with van der Waals surface area (Å²) < 4.78 is 6.44. The third kappa shape index (κ3) is 7.70. The van der Waals surface area contributed by atoms with E-state index in [0.29, 0.717) is 0 Å². The quantitative estimate of drug-likeness (QED) is 0.687. The molecule has 0 bridgehead atoms. The molecule has 20 heavy (non-hydrogen) atoms. The summed E-state index contributed by atoms with van der Waals surface area (Å²) in [4.78, 5) is 2.41. The van der Waals surface area contributed by atoms with Crippen LogP contribution in [0.5, 0.6) is 5.75 Å². The molecule has 0 radical (unpaired) electrons. The van der Waals surface area contributed by atoms with Gasteiger partial charge in [0, 0.05) is 29.7 Å². The summed E-state index contributed by atoms with van der Waals surface area (Å²) in [7, 11) is 1.71. The van der Waals surface area contributed by atoms with Crippen molar-refractivity contribution < 1.29 is 4.74 Å². The molecule has 1 N–H and O–H groups in total. The summed E-state index contributed by atoms with van der Waals surface area (Å²) in [5.41, 5.74) is 1.19. The Morgan fingerprint density at radius 1 is 1.20 bits per heavy atom. The van der Waals surface area contributed by atoms with E-state index in [1.807, 2.05) is 12.1 Å². The summed E-state index contributed by atoms with van der Waals surface area (Å²) >= 11 is 3.49. The molecule has 0 aliphatic heterocycles. The van der Waals surface area contributed by atoms with E-state index in [4.69, 9.17) is 4.74 Å². The fourth-order valence-electron chi connectivity index (χ4n) is 1.89.